The van der Waals surface area contributed by atoms with E-state index in [0.717, 1.165) is 31.4 Å². The van der Waals surface area contributed by atoms with E-state index in [1.165, 1.54) is 24.3 Å². The van der Waals surface area contributed by atoms with Gasteiger partial charge in [-0.2, -0.15) is 0 Å². The van der Waals surface area contributed by atoms with Crippen molar-refractivity contribution in [2.45, 2.75) is 31.1 Å². The standard InChI is InChI=1S/C18H21FN2O3S/c1-2-3-4-13-20-18(22)14-5-9-16(10-6-14)21-25(23,24)17-11-7-15(19)8-12-17/h5-12,21H,2-4,13H2,1H3,(H,20,22). The molecule has 0 heterocycles. The molecular weight excluding hydrogens is 343 g/mol. The van der Waals surface area contributed by atoms with Crippen LogP contribution in [0.3, 0.4) is 0 Å². The van der Waals surface area contributed by atoms with Gasteiger partial charge in [-0.3, -0.25) is 9.52 Å². The average Bonchev–Trinajstić information content (AvgIpc) is 2.59. The molecule has 0 atom stereocenters. The summed E-state index contributed by atoms with van der Waals surface area (Å²) in [6.07, 6.45) is 3.07. The topological polar surface area (TPSA) is 75.3 Å². The fraction of sp³-hybridized carbons (Fsp3) is 0.278. The Labute approximate surface area is 147 Å². The van der Waals surface area contributed by atoms with Crippen LogP contribution in [-0.4, -0.2) is 20.9 Å². The Morgan fingerprint density at radius 2 is 1.64 bits per heavy atom. The summed E-state index contributed by atoms with van der Waals surface area (Å²) in [5, 5.41) is 2.82. The molecule has 0 radical (unpaired) electrons. The molecule has 2 aromatic carbocycles. The van der Waals surface area contributed by atoms with Crippen LogP contribution < -0.4 is 10.0 Å². The number of carbonyl (C=O) groups is 1. The second-order valence-electron chi connectivity index (χ2n) is 5.60. The zero-order valence-electron chi connectivity index (χ0n) is 14.0. The molecule has 0 aromatic heterocycles. The van der Waals surface area contributed by atoms with Gasteiger partial charge in [-0.05, 0) is 55.0 Å². The summed E-state index contributed by atoms with van der Waals surface area (Å²) in [5.41, 5.74) is 0.785. The number of anilines is 1. The molecule has 5 nitrogen and oxygen atoms in total. The Hall–Kier alpha value is -2.41. The van der Waals surface area contributed by atoms with Gasteiger partial charge in [0, 0.05) is 17.8 Å². The molecule has 1 amide bonds. The summed E-state index contributed by atoms with van der Waals surface area (Å²) in [7, 11) is -3.80. The van der Waals surface area contributed by atoms with Gasteiger partial charge in [-0.15, -0.1) is 0 Å². The van der Waals surface area contributed by atoms with Crippen LogP contribution in [0.15, 0.2) is 53.4 Å². The highest BCUT2D eigenvalue weighted by molar-refractivity contribution is 7.92. The van der Waals surface area contributed by atoms with Crippen molar-refractivity contribution in [3.63, 3.8) is 0 Å². The molecule has 0 saturated heterocycles. The smallest absolute Gasteiger partial charge is 0.261 e. The molecule has 0 fully saturated rings. The Morgan fingerprint density at radius 1 is 1.00 bits per heavy atom. The first kappa shape index (κ1) is 18.9. The highest BCUT2D eigenvalue weighted by atomic mass is 32.2. The van der Waals surface area contributed by atoms with Crippen molar-refractivity contribution in [3.8, 4) is 0 Å². The maximum Gasteiger partial charge on any atom is 0.261 e. The number of nitrogens with one attached hydrogen (secondary N) is 2. The molecule has 134 valence electrons. The molecule has 2 rings (SSSR count). The number of hydrogen-bond donors (Lipinski definition) is 2. The Kier molecular flexibility index (Phi) is 6.52. The van der Waals surface area contributed by atoms with E-state index in [1.54, 1.807) is 12.1 Å². The van der Waals surface area contributed by atoms with Gasteiger partial charge in [-0.1, -0.05) is 19.8 Å². The van der Waals surface area contributed by atoms with Crippen LogP contribution in [0.2, 0.25) is 0 Å². The van der Waals surface area contributed by atoms with Gasteiger partial charge in [-0.25, -0.2) is 12.8 Å². The lowest BCUT2D eigenvalue weighted by Crippen LogP contribution is -2.24. The highest BCUT2D eigenvalue weighted by Crippen LogP contribution is 2.17. The number of rotatable bonds is 8. The first-order chi connectivity index (χ1) is 11.9. The molecule has 0 aliphatic heterocycles. The predicted molar refractivity (Wildman–Crippen MR) is 95.5 cm³/mol. The van der Waals surface area contributed by atoms with E-state index in [1.807, 2.05) is 0 Å². The molecule has 2 aromatic rings. The van der Waals surface area contributed by atoms with Crippen molar-refractivity contribution >= 4 is 21.6 Å². The number of amides is 1. The molecule has 0 bridgehead atoms. The fourth-order valence-corrected chi connectivity index (χ4v) is 3.26. The van der Waals surface area contributed by atoms with Crippen molar-refractivity contribution in [2.24, 2.45) is 0 Å². The van der Waals surface area contributed by atoms with E-state index >= 15 is 0 Å². The average molecular weight is 364 g/mol. The molecule has 2 N–H and O–H groups in total. The maximum atomic E-state index is 12.9. The molecule has 0 unspecified atom stereocenters. The molecule has 0 saturated carbocycles. The molecule has 25 heavy (non-hydrogen) atoms. The quantitative estimate of drug-likeness (QED) is 0.704. The highest BCUT2D eigenvalue weighted by Gasteiger charge is 2.14. The van der Waals surface area contributed by atoms with Crippen molar-refractivity contribution in [1.82, 2.24) is 5.32 Å². The largest absolute Gasteiger partial charge is 0.352 e. The van der Waals surface area contributed by atoms with Gasteiger partial charge < -0.3 is 5.32 Å². The van der Waals surface area contributed by atoms with Crippen molar-refractivity contribution < 1.29 is 17.6 Å². The molecule has 7 heteroatoms. The lowest BCUT2D eigenvalue weighted by molar-refractivity contribution is 0.0953. The lowest BCUT2D eigenvalue weighted by atomic mass is 10.2. The van der Waals surface area contributed by atoms with Gasteiger partial charge >= 0.3 is 0 Å². The van der Waals surface area contributed by atoms with Crippen molar-refractivity contribution in [1.29, 1.82) is 0 Å². The second kappa shape index (κ2) is 8.62. The third-order valence-corrected chi connectivity index (χ3v) is 4.99. The fourth-order valence-electron chi connectivity index (χ4n) is 2.20. The monoisotopic (exact) mass is 364 g/mol. The minimum Gasteiger partial charge on any atom is -0.352 e. The third-order valence-electron chi connectivity index (χ3n) is 3.59. The van der Waals surface area contributed by atoms with E-state index in [4.69, 9.17) is 0 Å². The predicted octanol–water partition coefficient (Wildman–Crippen LogP) is 3.55. The molecule has 0 aliphatic rings. The van der Waals surface area contributed by atoms with Crippen LogP contribution in [0, 0.1) is 5.82 Å². The number of carbonyl (C=O) groups excluding carboxylic acids is 1. The summed E-state index contributed by atoms with van der Waals surface area (Å²) in [5.74, 6) is -0.697. The lowest BCUT2D eigenvalue weighted by Gasteiger charge is -2.09. The minimum absolute atomic E-state index is 0.0355. The van der Waals surface area contributed by atoms with Gasteiger partial charge in [0.2, 0.25) is 0 Å². The number of unbranched alkanes of at least 4 members (excludes halogenated alkanes) is 2. The van der Waals surface area contributed by atoms with E-state index in [2.05, 4.69) is 17.0 Å². The summed E-state index contributed by atoms with van der Waals surface area (Å²) >= 11 is 0. The minimum atomic E-state index is -3.80. The Balaban J connectivity index is 2.00. The maximum absolute atomic E-state index is 12.9. The van der Waals surface area contributed by atoms with E-state index in [9.17, 15) is 17.6 Å². The summed E-state index contributed by atoms with van der Waals surface area (Å²) in [6, 6.07) is 10.7. The van der Waals surface area contributed by atoms with Crippen LogP contribution in [0.4, 0.5) is 10.1 Å². The third kappa shape index (κ3) is 5.56. The zero-order valence-corrected chi connectivity index (χ0v) is 14.8. The van der Waals surface area contributed by atoms with E-state index in [0.29, 0.717) is 17.8 Å². The Morgan fingerprint density at radius 3 is 2.24 bits per heavy atom. The van der Waals surface area contributed by atoms with Gasteiger partial charge in [0.25, 0.3) is 15.9 Å². The molecule has 0 spiro atoms. The molecular formula is C18H21FN2O3S. The number of halogens is 1. The molecule has 0 aliphatic carbocycles. The number of sulfonamides is 1. The van der Waals surface area contributed by atoms with E-state index < -0.39 is 15.8 Å². The number of hydrogen-bond acceptors (Lipinski definition) is 3. The SMILES string of the molecule is CCCCCNC(=O)c1ccc(NS(=O)(=O)c2ccc(F)cc2)cc1. The number of benzene rings is 2. The Bertz CT molecular complexity index is 803. The van der Waals surface area contributed by atoms with E-state index in [-0.39, 0.29) is 10.8 Å². The van der Waals surface area contributed by atoms with Gasteiger partial charge in [0.05, 0.1) is 4.90 Å². The van der Waals surface area contributed by atoms with Crippen molar-refractivity contribution in [3.05, 3.63) is 59.9 Å². The van der Waals surface area contributed by atoms with Crippen molar-refractivity contribution in [2.75, 3.05) is 11.3 Å². The second-order valence-corrected chi connectivity index (χ2v) is 7.28. The normalized spacial score (nSPS) is 11.1. The van der Waals surface area contributed by atoms with Gasteiger partial charge in [0.1, 0.15) is 5.82 Å². The van der Waals surface area contributed by atoms with Crippen LogP contribution >= 0.6 is 0 Å². The summed E-state index contributed by atoms with van der Waals surface area (Å²) < 4.78 is 39.7. The first-order valence-corrected chi connectivity index (χ1v) is 9.57. The van der Waals surface area contributed by atoms with Crippen LogP contribution in [0.1, 0.15) is 36.5 Å². The van der Waals surface area contributed by atoms with Crippen LogP contribution in [-0.2, 0) is 10.0 Å². The first-order valence-electron chi connectivity index (χ1n) is 8.09. The summed E-state index contributed by atoms with van der Waals surface area (Å²) in [6.45, 7) is 2.71. The summed E-state index contributed by atoms with van der Waals surface area (Å²) in [4.78, 5) is 11.9. The van der Waals surface area contributed by atoms with Crippen LogP contribution in [0.25, 0.3) is 0 Å². The zero-order chi connectivity index (χ0) is 18.3. The van der Waals surface area contributed by atoms with Crippen LogP contribution in [0.5, 0.6) is 0 Å². The van der Waals surface area contributed by atoms with Gasteiger partial charge in [0.15, 0.2) is 0 Å².